The first kappa shape index (κ1) is 13.1. The molecule has 2 heterocycles. The Morgan fingerprint density at radius 2 is 2.22 bits per heavy atom. The number of nitrogens with one attached hydrogen (secondary N) is 1. The molecule has 0 saturated heterocycles. The van der Waals surface area contributed by atoms with Gasteiger partial charge in [-0.25, -0.2) is 0 Å². The van der Waals surface area contributed by atoms with Gasteiger partial charge < -0.3 is 5.32 Å². The number of hydrogen-bond acceptors (Lipinski definition) is 3. The maximum atomic E-state index is 6.10. The first-order valence-electron chi connectivity index (χ1n) is 5.97. The minimum absolute atomic E-state index is 0.766. The quantitative estimate of drug-likeness (QED) is 0.843. The summed E-state index contributed by atoms with van der Waals surface area (Å²) in [6, 6.07) is 4.00. The summed E-state index contributed by atoms with van der Waals surface area (Å²) in [6.07, 6.45) is 3.65. The lowest BCUT2D eigenvalue weighted by molar-refractivity contribution is 0.542. The van der Waals surface area contributed by atoms with Gasteiger partial charge >= 0.3 is 0 Å². The molecule has 0 saturated carbocycles. The Morgan fingerprint density at radius 1 is 1.39 bits per heavy atom. The largest absolute Gasteiger partial charge is 0.311 e. The van der Waals surface area contributed by atoms with Crippen LogP contribution < -0.4 is 5.32 Å². The van der Waals surface area contributed by atoms with Gasteiger partial charge in [0.05, 0.1) is 23.0 Å². The normalized spacial score (nSPS) is 10.8. The zero-order valence-corrected chi connectivity index (χ0v) is 11.4. The number of aryl methyl sites for hydroxylation is 1. The van der Waals surface area contributed by atoms with Crippen LogP contribution in [-0.4, -0.2) is 21.3 Å². The second-order valence-electron chi connectivity index (χ2n) is 4.25. The topological polar surface area (TPSA) is 42.7 Å². The third-order valence-corrected chi connectivity index (χ3v) is 3.39. The van der Waals surface area contributed by atoms with Crippen LogP contribution in [0.2, 0.25) is 5.02 Å². The lowest BCUT2D eigenvalue weighted by atomic mass is 10.3. The molecule has 2 rings (SSSR count). The molecule has 0 unspecified atom stereocenters. The molecule has 0 atom stereocenters. The summed E-state index contributed by atoms with van der Waals surface area (Å²) >= 11 is 6.10. The Kier molecular flexibility index (Phi) is 4.33. The van der Waals surface area contributed by atoms with Crippen LogP contribution in [0.3, 0.4) is 0 Å². The van der Waals surface area contributed by atoms with Crippen molar-refractivity contribution in [3.63, 3.8) is 0 Å². The molecule has 1 N–H and O–H groups in total. The number of aromatic nitrogens is 3. The monoisotopic (exact) mass is 264 g/mol. The van der Waals surface area contributed by atoms with Gasteiger partial charge in [-0.1, -0.05) is 17.7 Å². The molecule has 5 heteroatoms. The summed E-state index contributed by atoms with van der Waals surface area (Å²) in [5, 5.41) is 8.51. The summed E-state index contributed by atoms with van der Waals surface area (Å²) in [4.78, 5) is 4.08. The second kappa shape index (κ2) is 5.98. The molecule has 18 heavy (non-hydrogen) atoms. The van der Waals surface area contributed by atoms with Gasteiger partial charge in [-0.05, 0) is 25.5 Å². The Bertz CT molecular complexity index is 507. The van der Waals surface area contributed by atoms with E-state index in [9.17, 15) is 0 Å². The van der Waals surface area contributed by atoms with E-state index >= 15 is 0 Å². The predicted molar refractivity (Wildman–Crippen MR) is 72.7 cm³/mol. The predicted octanol–water partition coefficient (Wildman–Crippen LogP) is 2.34. The molecule has 0 aliphatic heterocycles. The van der Waals surface area contributed by atoms with Crippen molar-refractivity contribution in [3.8, 4) is 0 Å². The van der Waals surface area contributed by atoms with E-state index in [1.165, 1.54) is 5.56 Å². The van der Waals surface area contributed by atoms with Gasteiger partial charge in [0.2, 0.25) is 0 Å². The van der Waals surface area contributed by atoms with Gasteiger partial charge in [-0.3, -0.25) is 9.67 Å². The molecule has 0 aliphatic carbocycles. The highest BCUT2D eigenvalue weighted by Gasteiger charge is 2.07. The molecule has 4 nitrogen and oxygen atoms in total. The van der Waals surface area contributed by atoms with Gasteiger partial charge in [-0.15, -0.1) is 0 Å². The Hall–Kier alpha value is -1.39. The van der Waals surface area contributed by atoms with Crippen molar-refractivity contribution >= 4 is 11.6 Å². The third-order valence-electron chi connectivity index (χ3n) is 2.85. The molecule has 0 fully saturated rings. The van der Waals surface area contributed by atoms with Gasteiger partial charge in [0.25, 0.3) is 0 Å². The van der Waals surface area contributed by atoms with E-state index in [2.05, 4.69) is 21.5 Å². The highest BCUT2D eigenvalue weighted by Crippen LogP contribution is 2.18. The zero-order chi connectivity index (χ0) is 13.0. The molecule has 2 aromatic heterocycles. The van der Waals surface area contributed by atoms with Gasteiger partial charge in [0.15, 0.2) is 0 Å². The average molecular weight is 265 g/mol. The lowest BCUT2D eigenvalue weighted by Gasteiger charge is -2.06. The summed E-state index contributed by atoms with van der Waals surface area (Å²) < 4.78 is 1.94. The standard InChI is InChI=1S/C13H17ClN4/c1-10-13(14)11(2)18(17-10)7-6-16-9-12-4-3-5-15-8-12/h3-5,8,16H,6-7,9H2,1-2H3. The Balaban J connectivity index is 1.80. The maximum absolute atomic E-state index is 6.10. The van der Waals surface area contributed by atoms with Crippen LogP contribution in [-0.2, 0) is 13.1 Å². The van der Waals surface area contributed by atoms with Crippen LogP contribution in [0.4, 0.5) is 0 Å². The van der Waals surface area contributed by atoms with E-state index in [0.717, 1.165) is 36.0 Å². The van der Waals surface area contributed by atoms with E-state index in [1.807, 2.05) is 30.8 Å². The SMILES string of the molecule is Cc1nn(CCNCc2cccnc2)c(C)c1Cl. The smallest absolute Gasteiger partial charge is 0.0844 e. The molecular formula is C13H17ClN4. The van der Waals surface area contributed by atoms with Crippen molar-refractivity contribution in [2.24, 2.45) is 0 Å². The van der Waals surface area contributed by atoms with Crippen molar-refractivity contribution in [2.45, 2.75) is 26.9 Å². The van der Waals surface area contributed by atoms with Crippen LogP contribution in [0.1, 0.15) is 17.0 Å². The maximum Gasteiger partial charge on any atom is 0.0844 e. The van der Waals surface area contributed by atoms with Crippen LogP contribution in [0, 0.1) is 13.8 Å². The summed E-state index contributed by atoms with van der Waals surface area (Å²) in [5.74, 6) is 0. The van der Waals surface area contributed by atoms with Crippen molar-refractivity contribution in [2.75, 3.05) is 6.54 Å². The van der Waals surface area contributed by atoms with E-state index in [1.54, 1.807) is 6.20 Å². The number of hydrogen-bond donors (Lipinski definition) is 1. The van der Waals surface area contributed by atoms with Crippen molar-refractivity contribution < 1.29 is 0 Å². The molecular weight excluding hydrogens is 248 g/mol. The Morgan fingerprint density at radius 3 is 2.83 bits per heavy atom. The molecule has 0 bridgehead atoms. The molecule has 0 aliphatic rings. The first-order chi connectivity index (χ1) is 8.68. The number of nitrogens with zero attached hydrogens (tertiary/aromatic N) is 3. The van der Waals surface area contributed by atoms with Crippen molar-refractivity contribution in [3.05, 3.63) is 46.5 Å². The zero-order valence-electron chi connectivity index (χ0n) is 10.7. The minimum atomic E-state index is 0.766. The van der Waals surface area contributed by atoms with Crippen LogP contribution in [0.15, 0.2) is 24.5 Å². The fourth-order valence-electron chi connectivity index (χ4n) is 1.81. The average Bonchev–Trinajstić information content (AvgIpc) is 2.64. The van der Waals surface area contributed by atoms with Crippen LogP contribution in [0.5, 0.6) is 0 Å². The highest BCUT2D eigenvalue weighted by atomic mass is 35.5. The molecule has 2 aromatic rings. The molecule has 0 radical (unpaired) electrons. The number of halogens is 1. The van der Waals surface area contributed by atoms with Gasteiger partial charge in [-0.2, -0.15) is 5.10 Å². The second-order valence-corrected chi connectivity index (χ2v) is 4.62. The first-order valence-corrected chi connectivity index (χ1v) is 6.35. The van der Waals surface area contributed by atoms with Crippen LogP contribution >= 0.6 is 11.6 Å². The fourth-order valence-corrected chi connectivity index (χ4v) is 1.95. The lowest BCUT2D eigenvalue weighted by Crippen LogP contribution is -2.20. The highest BCUT2D eigenvalue weighted by molar-refractivity contribution is 6.31. The number of pyridine rings is 1. The Labute approximate surface area is 112 Å². The number of rotatable bonds is 5. The molecule has 96 valence electrons. The van der Waals surface area contributed by atoms with Crippen LogP contribution in [0.25, 0.3) is 0 Å². The minimum Gasteiger partial charge on any atom is -0.311 e. The van der Waals surface area contributed by atoms with Crippen molar-refractivity contribution in [1.82, 2.24) is 20.1 Å². The fraction of sp³-hybridized carbons (Fsp3) is 0.385. The molecule has 0 amide bonds. The third kappa shape index (κ3) is 3.09. The molecule has 0 spiro atoms. The van der Waals surface area contributed by atoms with Crippen molar-refractivity contribution in [1.29, 1.82) is 0 Å². The van der Waals surface area contributed by atoms with E-state index in [-0.39, 0.29) is 0 Å². The van der Waals surface area contributed by atoms with E-state index < -0.39 is 0 Å². The summed E-state index contributed by atoms with van der Waals surface area (Å²) in [5.41, 5.74) is 3.10. The van der Waals surface area contributed by atoms with E-state index in [0.29, 0.717) is 0 Å². The van der Waals surface area contributed by atoms with Gasteiger partial charge in [0, 0.05) is 25.5 Å². The summed E-state index contributed by atoms with van der Waals surface area (Å²) in [7, 11) is 0. The van der Waals surface area contributed by atoms with E-state index in [4.69, 9.17) is 11.6 Å². The summed E-state index contributed by atoms with van der Waals surface area (Å²) in [6.45, 7) is 6.41. The van der Waals surface area contributed by atoms with Gasteiger partial charge in [0.1, 0.15) is 0 Å². The molecule has 0 aromatic carbocycles.